The first-order valence-corrected chi connectivity index (χ1v) is 4.99. The zero-order chi connectivity index (χ0) is 11.3. The predicted molar refractivity (Wildman–Crippen MR) is 51.9 cm³/mol. The third kappa shape index (κ3) is 3.83. The van der Waals surface area contributed by atoms with E-state index in [1.807, 2.05) is 0 Å². The number of amides is 1. The van der Waals surface area contributed by atoms with E-state index in [1.54, 1.807) is 0 Å². The summed E-state index contributed by atoms with van der Waals surface area (Å²) in [5.41, 5.74) is 0.0574. The molecule has 0 radical (unpaired) electrons. The van der Waals surface area contributed by atoms with E-state index in [0.717, 1.165) is 29.6 Å². The van der Waals surface area contributed by atoms with Crippen LogP contribution in [0.15, 0.2) is 24.3 Å². The molecule has 1 N–H and O–H groups in total. The van der Waals surface area contributed by atoms with Gasteiger partial charge in [-0.05, 0) is 29.6 Å². The Hall–Kier alpha value is -1.17. The summed E-state index contributed by atoms with van der Waals surface area (Å²) in [5.74, 6) is 0.441. The maximum Gasteiger partial charge on any atom is 0.416 e. The van der Waals surface area contributed by atoms with E-state index in [1.165, 1.54) is 12.1 Å². The Morgan fingerprint density at radius 2 is 1.87 bits per heavy atom. The summed E-state index contributed by atoms with van der Waals surface area (Å²) < 4.78 is 38.8. The number of nitrogens with one attached hydrogen (secondary N) is 1. The third-order valence-corrected chi connectivity index (χ3v) is 2.39. The zero-order valence-electron chi connectivity index (χ0n) is 7.54. The molecule has 0 atom stereocenters. The van der Waals surface area contributed by atoms with Crippen LogP contribution in [0.2, 0.25) is 0 Å². The highest BCUT2D eigenvalue weighted by molar-refractivity contribution is 7.97. The lowest BCUT2D eigenvalue weighted by Crippen LogP contribution is -2.04. The largest absolute Gasteiger partial charge is 0.416 e. The average Bonchev–Trinajstić information content (AvgIpc) is 2.18. The van der Waals surface area contributed by atoms with Gasteiger partial charge in [0.25, 0.3) is 0 Å². The van der Waals surface area contributed by atoms with Gasteiger partial charge in [0.1, 0.15) is 0 Å². The molecule has 1 aromatic rings. The number of rotatable bonds is 4. The molecule has 0 heterocycles. The Balaban J connectivity index is 2.60. The number of hydrogen-bond acceptors (Lipinski definition) is 2. The van der Waals surface area contributed by atoms with Crippen LogP contribution in [0.3, 0.4) is 0 Å². The van der Waals surface area contributed by atoms with Crippen LogP contribution < -0.4 is 4.72 Å². The van der Waals surface area contributed by atoms with Crippen molar-refractivity contribution < 1.29 is 18.0 Å². The van der Waals surface area contributed by atoms with Crippen LogP contribution in [0.1, 0.15) is 11.1 Å². The molecule has 15 heavy (non-hydrogen) atoms. The maximum absolute atomic E-state index is 12.2. The first-order chi connectivity index (χ1) is 7.04. The highest BCUT2D eigenvalue weighted by Crippen LogP contribution is 2.29. The Morgan fingerprint density at radius 1 is 1.27 bits per heavy atom. The van der Waals surface area contributed by atoms with Gasteiger partial charge in [0.05, 0.1) is 5.56 Å². The fourth-order valence-electron chi connectivity index (χ4n) is 0.949. The molecule has 0 bridgehead atoms. The van der Waals surface area contributed by atoms with Gasteiger partial charge in [-0.3, -0.25) is 4.79 Å². The first kappa shape index (κ1) is 11.9. The molecule has 1 aromatic carbocycles. The van der Waals surface area contributed by atoms with Gasteiger partial charge in [0.15, 0.2) is 0 Å². The maximum atomic E-state index is 12.2. The Morgan fingerprint density at radius 3 is 2.33 bits per heavy atom. The molecule has 1 rings (SSSR count). The molecule has 2 nitrogen and oxygen atoms in total. The van der Waals surface area contributed by atoms with Crippen LogP contribution in [-0.2, 0) is 16.7 Å². The molecule has 0 aliphatic carbocycles. The molecule has 0 spiro atoms. The second-order valence-corrected chi connectivity index (χ2v) is 3.53. The lowest BCUT2D eigenvalue weighted by atomic mass is 10.1. The van der Waals surface area contributed by atoms with Crippen molar-refractivity contribution in [2.24, 2.45) is 0 Å². The van der Waals surface area contributed by atoms with E-state index in [9.17, 15) is 18.0 Å². The highest BCUT2D eigenvalue weighted by atomic mass is 32.2. The Labute approximate surface area is 89.0 Å². The van der Waals surface area contributed by atoms with Crippen molar-refractivity contribution in [2.75, 3.05) is 0 Å². The van der Waals surface area contributed by atoms with Crippen LogP contribution >= 0.6 is 11.9 Å². The van der Waals surface area contributed by atoms with E-state index in [2.05, 4.69) is 4.72 Å². The number of benzene rings is 1. The summed E-state index contributed by atoms with van der Waals surface area (Å²) in [6, 6.07) is 4.83. The first-order valence-electron chi connectivity index (χ1n) is 4.01. The van der Waals surface area contributed by atoms with Gasteiger partial charge < -0.3 is 4.72 Å². The van der Waals surface area contributed by atoms with Crippen molar-refractivity contribution in [1.29, 1.82) is 0 Å². The average molecular weight is 235 g/mol. The molecule has 0 aromatic heterocycles. The predicted octanol–water partition coefficient (Wildman–Crippen LogP) is 2.60. The minimum absolute atomic E-state index is 0.441. The van der Waals surface area contributed by atoms with Crippen LogP contribution in [0.5, 0.6) is 0 Å². The molecule has 0 saturated heterocycles. The number of carbonyl (C=O) groups is 1. The van der Waals surface area contributed by atoms with Gasteiger partial charge in [-0.15, -0.1) is 0 Å². The molecule has 82 valence electrons. The van der Waals surface area contributed by atoms with E-state index in [0.29, 0.717) is 12.2 Å². The second-order valence-electron chi connectivity index (χ2n) is 2.72. The van der Waals surface area contributed by atoms with Crippen molar-refractivity contribution in [2.45, 2.75) is 11.9 Å². The SMILES string of the molecule is O=CNSCc1ccc(C(F)(F)F)cc1. The normalized spacial score (nSPS) is 11.1. The van der Waals surface area contributed by atoms with Gasteiger partial charge in [-0.1, -0.05) is 12.1 Å². The molecule has 0 saturated carbocycles. The molecule has 1 amide bonds. The van der Waals surface area contributed by atoms with Crippen LogP contribution in [-0.4, -0.2) is 6.41 Å². The third-order valence-electron chi connectivity index (χ3n) is 1.65. The highest BCUT2D eigenvalue weighted by Gasteiger charge is 2.29. The summed E-state index contributed by atoms with van der Waals surface area (Å²) in [6.45, 7) is 0. The Bertz CT molecular complexity index is 323. The zero-order valence-corrected chi connectivity index (χ0v) is 8.36. The van der Waals surface area contributed by atoms with Gasteiger partial charge in [-0.25, -0.2) is 0 Å². The van der Waals surface area contributed by atoms with Crippen LogP contribution in [0, 0.1) is 0 Å². The summed E-state index contributed by atoms with van der Waals surface area (Å²) in [4.78, 5) is 9.90. The smallest absolute Gasteiger partial charge is 0.303 e. The monoisotopic (exact) mass is 235 g/mol. The van der Waals surface area contributed by atoms with Crippen molar-refractivity contribution in [3.05, 3.63) is 35.4 Å². The van der Waals surface area contributed by atoms with E-state index < -0.39 is 11.7 Å². The van der Waals surface area contributed by atoms with Crippen molar-refractivity contribution in [3.63, 3.8) is 0 Å². The van der Waals surface area contributed by atoms with Crippen molar-refractivity contribution >= 4 is 18.4 Å². The fraction of sp³-hybridized carbons (Fsp3) is 0.222. The minimum atomic E-state index is -4.30. The van der Waals surface area contributed by atoms with Gasteiger partial charge in [0.2, 0.25) is 6.41 Å². The van der Waals surface area contributed by atoms with E-state index in [-0.39, 0.29) is 0 Å². The van der Waals surface area contributed by atoms with Crippen LogP contribution in [0.4, 0.5) is 13.2 Å². The lowest BCUT2D eigenvalue weighted by Gasteiger charge is -2.06. The number of alkyl halides is 3. The van der Waals surface area contributed by atoms with Crippen molar-refractivity contribution in [1.82, 2.24) is 4.72 Å². The Kier molecular flexibility index (Phi) is 4.02. The quantitative estimate of drug-likeness (QED) is 0.493. The standard InChI is InChI=1S/C9H8F3NOS/c10-9(11,12)8-3-1-7(2-4-8)5-15-13-6-14/h1-4,6H,5H2,(H,13,14). The summed E-state index contributed by atoms with van der Waals surface area (Å²) in [7, 11) is 0. The van der Waals surface area contributed by atoms with Gasteiger partial charge >= 0.3 is 6.18 Å². The second kappa shape index (κ2) is 5.06. The number of hydrogen-bond donors (Lipinski definition) is 1. The molecule has 6 heteroatoms. The molecule has 0 aliphatic rings. The molecule has 0 fully saturated rings. The topological polar surface area (TPSA) is 29.1 Å². The van der Waals surface area contributed by atoms with E-state index in [4.69, 9.17) is 0 Å². The van der Waals surface area contributed by atoms with Crippen LogP contribution in [0.25, 0.3) is 0 Å². The minimum Gasteiger partial charge on any atom is -0.303 e. The van der Waals surface area contributed by atoms with Crippen molar-refractivity contribution in [3.8, 4) is 0 Å². The number of halogens is 3. The fourth-order valence-corrected chi connectivity index (χ4v) is 1.46. The van der Waals surface area contributed by atoms with E-state index >= 15 is 0 Å². The van der Waals surface area contributed by atoms with Gasteiger partial charge in [0, 0.05) is 5.75 Å². The molecule has 0 unspecified atom stereocenters. The summed E-state index contributed by atoms with van der Waals surface area (Å²) in [6.07, 6.45) is -3.78. The molecular formula is C9H8F3NOS. The number of carbonyl (C=O) groups excluding carboxylic acids is 1. The molecule has 0 aliphatic heterocycles. The summed E-state index contributed by atoms with van der Waals surface area (Å²) in [5, 5.41) is 0. The molecular weight excluding hydrogens is 227 g/mol. The summed E-state index contributed by atoms with van der Waals surface area (Å²) >= 11 is 1.12. The van der Waals surface area contributed by atoms with Gasteiger partial charge in [-0.2, -0.15) is 13.2 Å². The lowest BCUT2D eigenvalue weighted by molar-refractivity contribution is -0.137.